The predicted molar refractivity (Wildman–Crippen MR) is 63.3 cm³/mol. The first kappa shape index (κ1) is 12.3. The van der Waals surface area contributed by atoms with E-state index in [-0.39, 0.29) is 11.9 Å². The number of aliphatic hydroxyl groups is 1. The number of ether oxygens (including phenoxy) is 1. The van der Waals surface area contributed by atoms with Crippen LogP contribution in [0.3, 0.4) is 0 Å². The van der Waals surface area contributed by atoms with Crippen molar-refractivity contribution in [1.82, 2.24) is 0 Å². The Morgan fingerprint density at radius 3 is 2.65 bits per heavy atom. The fourth-order valence-electron chi connectivity index (χ4n) is 2.46. The van der Waals surface area contributed by atoms with Crippen molar-refractivity contribution >= 4 is 0 Å². The number of rotatable bonds is 2. The standard InChI is InChI=1S/C13H18FNO2/c1-17-12-8-9(14)2-3-11(12)13(15)6-4-10(16)5-7-13/h2-3,8,10,16H,4-7,15H2,1H3. The average Bonchev–Trinajstić information content (AvgIpc) is 2.33. The summed E-state index contributed by atoms with van der Waals surface area (Å²) in [5.41, 5.74) is 6.67. The molecule has 0 amide bonds. The van der Waals surface area contributed by atoms with Crippen molar-refractivity contribution in [1.29, 1.82) is 0 Å². The van der Waals surface area contributed by atoms with E-state index in [0.717, 1.165) is 5.56 Å². The van der Waals surface area contributed by atoms with Gasteiger partial charge in [-0.1, -0.05) is 6.07 Å². The number of aliphatic hydroxyl groups excluding tert-OH is 1. The number of benzene rings is 1. The molecule has 0 saturated heterocycles. The summed E-state index contributed by atoms with van der Waals surface area (Å²) in [7, 11) is 1.51. The minimum atomic E-state index is -0.516. The molecule has 1 aromatic rings. The molecule has 1 aliphatic carbocycles. The molecule has 3 nitrogen and oxygen atoms in total. The van der Waals surface area contributed by atoms with Crippen molar-refractivity contribution in [3.63, 3.8) is 0 Å². The number of hydrogen-bond donors (Lipinski definition) is 2. The van der Waals surface area contributed by atoms with Crippen molar-refractivity contribution in [3.05, 3.63) is 29.6 Å². The van der Waals surface area contributed by atoms with Gasteiger partial charge in [-0.05, 0) is 31.7 Å². The van der Waals surface area contributed by atoms with E-state index in [4.69, 9.17) is 10.5 Å². The van der Waals surface area contributed by atoms with E-state index in [1.54, 1.807) is 6.07 Å². The Kier molecular flexibility index (Phi) is 3.35. The van der Waals surface area contributed by atoms with Gasteiger partial charge in [0.25, 0.3) is 0 Å². The first-order chi connectivity index (χ1) is 8.05. The molecule has 4 heteroatoms. The minimum absolute atomic E-state index is 0.266. The normalized spacial score (nSPS) is 29.1. The molecular weight excluding hydrogens is 221 g/mol. The summed E-state index contributed by atoms with van der Waals surface area (Å²) in [5.74, 6) is 0.161. The van der Waals surface area contributed by atoms with E-state index in [2.05, 4.69) is 0 Å². The molecule has 0 bridgehead atoms. The SMILES string of the molecule is COc1cc(F)ccc1C1(N)CCC(O)CC1. The van der Waals surface area contributed by atoms with Gasteiger partial charge in [0.2, 0.25) is 0 Å². The fourth-order valence-corrected chi connectivity index (χ4v) is 2.46. The van der Waals surface area contributed by atoms with Crippen LogP contribution in [0.4, 0.5) is 4.39 Å². The molecule has 1 aromatic carbocycles. The van der Waals surface area contributed by atoms with Gasteiger partial charge in [-0.2, -0.15) is 0 Å². The maximum atomic E-state index is 13.1. The predicted octanol–water partition coefficient (Wildman–Crippen LogP) is 1.92. The Balaban J connectivity index is 2.32. The van der Waals surface area contributed by atoms with E-state index in [9.17, 15) is 9.50 Å². The lowest BCUT2D eigenvalue weighted by Crippen LogP contribution is -2.41. The Hall–Kier alpha value is -1.13. The Bertz CT molecular complexity index is 400. The zero-order chi connectivity index (χ0) is 12.5. The summed E-state index contributed by atoms with van der Waals surface area (Å²) in [5, 5.41) is 9.51. The van der Waals surface area contributed by atoms with Crippen LogP contribution in [0.2, 0.25) is 0 Å². The van der Waals surface area contributed by atoms with Gasteiger partial charge in [-0.15, -0.1) is 0 Å². The molecule has 1 fully saturated rings. The molecule has 0 atom stereocenters. The summed E-state index contributed by atoms with van der Waals surface area (Å²) < 4.78 is 18.3. The van der Waals surface area contributed by atoms with Gasteiger partial charge in [0.05, 0.1) is 13.2 Å². The molecule has 17 heavy (non-hydrogen) atoms. The molecule has 0 radical (unpaired) electrons. The molecule has 0 heterocycles. The van der Waals surface area contributed by atoms with Crippen LogP contribution in [-0.2, 0) is 5.54 Å². The van der Waals surface area contributed by atoms with Crippen molar-refractivity contribution in [2.24, 2.45) is 5.73 Å². The summed E-state index contributed by atoms with van der Waals surface area (Å²) >= 11 is 0. The third-order valence-electron chi connectivity index (χ3n) is 3.55. The minimum Gasteiger partial charge on any atom is -0.496 e. The Labute approximate surface area is 100 Å². The maximum Gasteiger partial charge on any atom is 0.126 e. The molecule has 0 unspecified atom stereocenters. The highest BCUT2D eigenvalue weighted by Crippen LogP contribution is 2.39. The highest BCUT2D eigenvalue weighted by atomic mass is 19.1. The highest BCUT2D eigenvalue weighted by Gasteiger charge is 2.34. The lowest BCUT2D eigenvalue weighted by molar-refractivity contribution is 0.0960. The number of nitrogens with two attached hydrogens (primary N) is 1. The summed E-state index contributed by atoms with van der Waals surface area (Å²) in [6.07, 6.45) is 2.47. The van der Waals surface area contributed by atoms with Gasteiger partial charge in [0.15, 0.2) is 0 Å². The van der Waals surface area contributed by atoms with Gasteiger partial charge in [-0.25, -0.2) is 4.39 Å². The monoisotopic (exact) mass is 239 g/mol. The second-order valence-electron chi connectivity index (χ2n) is 4.73. The largest absolute Gasteiger partial charge is 0.496 e. The highest BCUT2D eigenvalue weighted by molar-refractivity contribution is 5.39. The van der Waals surface area contributed by atoms with E-state index in [1.165, 1.54) is 19.2 Å². The average molecular weight is 239 g/mol. The van der Waals surface area contributed by atoms with E-state index >= 15 is 0 Å². The third kappa shape index (κ3) is 2.42. The third-order valence-corrected chi connectivity index (χ3v) is 3.55. The van der Waals surface area contributed by atoms with Gasteiger partial charge < -0.3 is 15.6 Å². The molecular formula is C13H18FNO2. The van der Waals surface area contributed by atoms with Crippen molar-refractivity contribution < 1.29 is 14.2 Å². The second-order valence-corrected chi connectivity index (χ2v) is 4.73. The summed E-state index contributed by atoms with van der Waals surface area (Å²) in [4.78, 5) is 0. The molecule has 1 saturated carbocycles. The van der Waals surface area contributed by atoms with Gasteiger partial charge in [0.1, 0.15) is 11.6 Å². The van der Waals surface area contributed by atoms with Crippen LogP contribution in [0.5, 0.6) is 5.75 Å². The molecule has 1 aliphatic rings. The molecule has 0 aliphatic heterocycles. The van der Waals surface area contributed by atoms with Gasteiger partial charge >= 0.3 is 0 Å². The first-order valence-electron chi connectivity index (χ1n) is 5.86. The Morgan fingerprint density at radius 1 is 1.41 bits per heavy atom. The van der Waals surface area contributed by atoms with Crippen LogP contribution in [0, 0.1) is 5.82 Å². The summed E-state index contributed by atoms with van der Waals surface area (Å²) in [6, 6.07) is 4.44. The van der Waals surface area contributed by atoms with E-state index < -0.39 is 5.54 Å². The van der Waals surface area contributed by atoms with Gasteiger partial charge in [0, 0.05) is 17.2 Å². The topological polar surface area (TPSA) is 55.5 Å². The summed E-state index contributed by atoms with van der Waals surface area (Å²) in [6.45, 7) is 0. The Morgan fingerprint density at radius 2 is 2.06 bits per heavy atom. The van der Waals surface area contributed by atoms with Gasteiger partial charge in [-0.3, -0.25) is 0 Å². The smallest absolute Gasteiger partial charge is 0.126 e. The lowest BCUT2D eigenvalue weighted by Gasteiger charge is -2.36. The van der Waals surface area contributed by atoms with Crippen molar-refractivity contribution in [3.8, 4) is 5.75 Å². The molecule has 0 aromatic heterocycles. The van der Waals surface area contributed by atoms with Crippen LogP contribution in [0.1, 0.15) is 31.2 Å². The van der Waals surface area contributed by atoms with E-state index in [1.807, 2.05) is 0 Å². The van der Waals surface area contributed by atoms with E-state index in [0.29, 0.717) is 31.4 Å². The second kappa shape index (κ2) is 4.63. The van der Waals surface area contributed by atoms with Crippen molar-refractivity contribution in [2.75, 3.05) is 7.11 Å². The van der Waals surface area contributed by atoms with Crippen LogP contribution in [0.15, 0.2) is 18.2 Å². The zero-order valence-electron chi connectivity index (χ0n) is 9.95. The lowest BCUT2D eigenvalue weighted by atomic mass is 9.76. The quantitative estimate of drug-likeness (QED) is 0.829. The maximum absolute atomic E-state index is 13.1. The number of halogens is 1. The molecule has 94 valence electrons. The number of hydrogen-bond acceptors (Lipinski definition) is 3. The molecule has 3 N–H and O–H groups in total. The molecule has 0 spiro atoms. The molecule has 2 rings (SSSR count). The number of methoxy groups -OCH3 is 1. The van der Waals surface area contributed by atoms with Crippen LogP contribution >= 0.6 is 0 Å². The van der Waals surface area contributed by atoms with Crippen LogP contribution < -0.4 is 10.5 Å². The van der Waals surface area contributed by atoms with Crippen LogP contribution in [-0.4, -0.2) is 18.3 Å². The fraction of sp³-hybridized carbons (Fsp3) is 0.538. The van der Waals surface area contributed by atoms with Crippen molar-refractivity contribution in [2.45, 2.75) is 37.3 Å². The first-order valence-corrected chi connectivity index (χ1v) is 5.86. The zero-order valence-corrected chi connectivity index (χ0v) is 9.95. The van der Waals surface area contributed by atoms with Crippen LogP contribution in [0.25, 0.3) is 0 Å².